The Hall–Kier alpha value is -7.42. The highest BCUT2D eigenvalue weighted by molar-refractivity contribution is 5.99. The molecule has 7 aromatic carbocycles. The summed E-state index contributed by atoms with van der Waals surface area (Å²) >= 11 is 0. The number of anilines is 5. The van der Waals surface area contributed by atoms with Crippen LogP contribution in [0.2, 0.25) is 0 Å². The van der Waals surface area contributed by atoms with Crippen molar-refractivity contribution in [2.45, 2.75) is 39.0 Å². The molecule has 2 atom stereocenters. The summed E-state index contributed by atoms with van der Waals surface area (Å²) in [5.74, 6) is 0.456. The molecule has 2 nitrogen and oxygen atoms in total. The molecule has 2 aliphatic carbocycles. The van der Waals surface area contributed by atoms with E-state index in [1.165, 1.54) is 55.4 Å². The van der Waals surface area contributed by atoms with Crippen LogP contribution in [0.3, 0.4) is 0 Å². The Labute approximate surface area is 374 Å². The second kappa shape index (κ2) is 17.5. The van der Waals surface area contributed by atoms with Gasteiger partial charge in [-0.3, -0.25) is 0 Å². The Morgan fingerprint density at radius 1 is 0.683 bits per heavy atom. The Bertz CT molecular complexity index is 2990. The molecule has 7 aromatic rings. The van der Waals surface area contributed by atoms with Gasteiger partial charge < -0.3 is 9.80 Å². The summed E-state index contributed by atoms with van der Waals surface area (Å²) < 4.78 is 0. The van der Waals surface area contributed by atoms with Crippen molar-refractivity contribution in [2.75, 3.05) is 9.80 Å². The smallest absolute Gasteiger partial charge is 0.0627 e. The molecule has 0 saturated carbocycles. The van der Waals surface area contributed by atoms with Crippen molar-refractivity contribution in [3.05, 3.63) is 270 Å². The van der Waals surface area contributed by atoms with Crippen LogP contribution in [0.5, 0.6) is 0 Å². The van der Waals surface area contributed by atoms with Gasteiger partial charge in [-0.05, 0) is 132 Å². The highest BCUT2D eigenvalue weighted by atomic mass is 15.2. The van der Waals surface area contributed by atoms with E-state index in [2.05, 4.69) is 231 Å². The standard InChI is InChI=1S/C61H54N2/c1-7-8-21-49-23-16-18-31-57(49)61(43(2)3)46(6)50(37-35-45(5)62(52-26-11-9-12-27-52)60-33-20-25-48-36-34-44(4)40-56(48)60)41-51-42-54(38-39-58(51)61)63(53-28-13-10-14-29-53)59-32-19-24-47-22-15-17-30-55(47)59/h7-39,42,44H,1-2,5,40-41H2,3-4,6H3/b21-8+,37-35-. The molecule has 0 saturated heterocycles. The lowest BCUT2D eigenvalue weighted by Crippen LogP contribution is -2.36. The van der Waals surface area contributed by atoms with Crippen molar-refractivity contribution in [3.63, 3.8) is 0 Å². The number of allylic oxidation sites excluding steroid dienone is 8. The highest BCUT2D eigenvalue weighted by Crippen LogP contribution is 2.53. The maximum atomic E-state index is 4.82. The summed E-state index contributed by atoms with van der Waals surface area (Å²) in [4.78, 5) is 4.73. The van der Waals surface area contributed by atoms with Crippen LogP contribution in [-0.2, 0) is 18.3 Å². The molecular weight excluding hydrogens is 761 g/mol. The van der Waals surface area contributed by atoms with Crippen LogP contribution in [0.15, 0.2) is 236 Å². The third-order valence-electron chi connectivity index (χ3n) is 13.0. The van der Waals surface area contributed by atoms with Crippen LogP contribution in [0.1, 0.15) is 54.2 Å². The third-order valence-corrected chi connectivity index (χ3v) is 13.0. The van der Waals surface area contributed by atoms with Crippen molar-refractivity contribution < 1.29 is 0 Å². The molecular formula is C61H54N2. The second-order valence-corrected chi connectivity index (χ2v) is 16.9. The number of nitrogens with zero attached hydrogens (tertiary/aromatic N) is 2. The van der Waals surface area contributed by atoms with Gasteiger partial charge in [-0.1, -0.05) is 190 Å². The SMILES string of the molecule is C=C/C=C/c1ccccc1C1(C(=C)C)C(C)=C(/C=C\C(=C)N(c2ccccc2)c2cccc3c2CC(C)C=C3)Cc2cc(N(c3ccccc3)c3cccc4ccccc34)ccc21. The van der Waals surface area contributed by atoms with E-state index in [4.69, 9.17) is 13.2 Å². The van der Waals surface area contributed by atoms with Gasteiger partial charge in [-0.15, -0.1) is 0 Å². The van der Waals surface area contributed by atoms with Gasteiger partial charge in [0.1, 0.15) is 0 Å². The molecule has 63 heavy (non-hydrogen) atoms. The van der Waals surface area contributed by atoms with Gasteiger partial charge in [0.25, 0.3) is 0 Å². The van der Waals surface area contributed by atoms with E-state index in [9.17, 15) is 0 Å². The van der Waals surface area contributed by atoms with Gasteiger partial charge in [-0.25, -0.2) is 0 Å². The van der Waals surface area contributed by atoms with E-state index >= 15 is 0 Å². The first-order valence-corrected chi connectivity index (χ1v) is 22.0. The molecule has 0 spiro atoms. The lowest BCUT2D eigenvalue weighted by atomic mass is 9.59. The number of benzene rings is 7. The molecule has 0 radical (unpaired) electrons. The first kappa shape index (κ1) is 41.0. The molecule has 9 rings (SSSR count). The Kier molecular flexibility index (Phi) is 11.4. The van der Waals surface area contributed by atoms with E-state index in [0.29, 0.717) is 5.92 Å². The molecule has 0 amide bonds. The van der Waals surface area contributed by atoms with Gasteiger partial charge in [0, 0.05) is 33.8 Å². The highest BCUT2D eigenvalue weighted by Gasteiger charge is 2.43. The Morgan fingerprint density at radius 3 is 2.14 bits per heavy atom. The van der Waals surface area contributed by atoms with Crippen LogP contribution >= 0.6 is 0 Å². The minimum absolute atomic E-state index is 0.456. The first-order valence-electron chi connectivity index (χ1n) is 22.0. The zero-order valence-electron chi connectivity index (χ0n) is 36.6. The minimum atomic E-state index is -0.619. The number of para-hydroxylation sites is 2. The van der Waals surface area contributed by atoms with E-state index in [1.54, 1.807) is 0 Å². The molecule has 0 heterocycles. The Balaban J connectivity index is 1.23. The molecule has 0 aromatic heterocycles. The molecule has 0 N–H and O–H groups in total. The fourth-order valence-corrected chi connectivity index (χ4v) is 10.0. The average Bonchev–Trinajstić information content (AvgIpc) is 3.31. The van der Waals surface area contributed by atoms with Crippen LogP contribution in [-0.4, -0.2) is 0 Å². The molecule has 0 bridgehead atoms. The van der Waals surface area contributed by atoms with Crippen molar-refractivity contribution in [3.8, 4) is 0 Å². The molecule has 308 valence electrons. The van der Waals surface area contributed by atoms with Crippen LogP contribution in [0.25, 0.3) is 22.9 Å². The fourth-order valence-electron chi connectivity index (χ4n) is 10.0. The van der Waals surface area contributed by atoms with E-state index in [1.807, 2.05) is 12.2 Å². The summed E-state index contributed by atoms with van der Waals surface area (Å²) in [7, 11) is 0. The van der Waals surface area contributed by atoms with Crippen molar-refractivity contribution in [1.29, 1.82) is 0 Å². The van der Waals surface area contributed by atoms with Gasteiger partial charge in [-0.2, -0.15) is 0 Å². The van der Waals surface area contributed by atoms with Crippen LogP contribution < -0.4 is 9.80 Å². The van der Waals surface area contributed by atoms with Crippen LogP contribution in [0, 0.1) is 5.92 Å². The zero-order valence-corrected chi connectivity index (χ0v) is 36.6. The van der Waals surface area contributed by atoms with Gasteiger partial charge >= 0.3 is 0 Å². The summed E-state index contributed by atoms with van der Waals surface area (Å²) in [6, 6.07) is 59.1. The summed E-state index contributed by atoms with van der Waals surface area (Å²) in [5.41, 5.74) is 16.9. The summed E-state index contributed by atoms with van der Waals surface area (Å²) in [5, 5.41) is 2.41. The van der Waals surface area contributed by atoms with Crippen molar-refractivity contribution in [1.82, 2.24) is 0 Å². The lowest BCUT2D eigenvalue weighted by Gasteiger charge is -2.44. The first-order chi connectivity index (χ1) is 30.8. The number of fused-ring (bicyclic) bond motifs is 3. The number of hydrogen-bond donors (Lipinski definition) is 0. The lowest BCUT2D eigenvalue weighted by molar-refractivity contribution is 0.670. The summed E-state index contributed by atoms with van der Waals surface area (Å²) in [6.45, 7) is 20.4. The zero-order chi connectivity index (χ0) is 43.5. The monoisotopic (exact) mass is 814 g/mol. The maximum Gasteiger partial charge on any atom is 0.0627 e. The summed E-state index contributed by atoms with van der Waals surface area (Å²) in [6.07, 6.45) is 16.9. The number of hydrogen-bond acceptors (Lipinski definition) is 2. The largest absolute Gasteiger partial charge is 0.311 e. The quantitative estimate of drug-likeness (QED) is 0.0895. The van der Waals surface area contributed by atoms with E-state index in [0.717, 1.165) is 52.4 Å². The normalized spacial score (nSPS) is 16.8. The molecule has 0 fully saturated rings. The minimum Gasteiger partial charge on any atom is -0.311 e. The average molecular weight is 815 g/mol. The van der Waals surface area contributed by atoms with Crippen LogP contribution in [0.4, 0.5) is 28.4 Å². The third kappa shape index (κ3) is 7.53. The molecule has 0 aliphatic heterocycles. The fraction of sp³-hybridized carbons (Fsp3) is 0.115. The predicted molar refractivity (Wildman–Crippen MR) is 272 cm³/mol. The molecule has 2 aliphatic rings. The maximum absolute atomic E-state index is 4.82. The van der Waals surface area contributed by atoms with Crippen molar-refractivity contribution in [2.24, 2.45) is 5.92 Å². The van der Waals surface area contributed by atoms with Crippen molar-refractivity contribution >= 4 is 51.4 Å². The van der Waals surface area contributed by atoms with Gasteiger partial charge in [0.2, 0.25) is 0 Å². The van der Waals surface area contributed by atoms with E-state index < -0.39 is 5.41 Å². The molecule has 2 heteroatoms. The molecule has 2 unspecified atom stereocenters. The van der Waals surface area contributed by atoms with Gasteiger partial charge in [0.05, 0.1) is 11.1 Å². The topological polar surface area (TPSA) is 6.48 Å². The van der Waals surface area contributed by atoms with Gasteiger partial charge in [0.15, 0.2) is 0 Å². The predicted octanol–water partition coefficient (Wildman–Crippen LogP) is 16.4. The van der Waals surface area contributed by atoms with E-state index in [-0.39, 0.29) is 0 Å². The second-order valence-electron chi connectivity index (χ2n) is 16.9. The Morgan fingerprint density at radius 2 is 1.37 bits per heavy atom. The number of rotatable bonds is 12.